The Kier molecular flexibility index (Phi) is 3.86. The third-order valence-electron chi connectivity index (χ3n) is 3.59. The molecule has 3 heteroatoms. The lowest BCUT2D eigenvalue weighted by Gasteiger charge is -2.34. The molecule has 1 aromatic carbocycles. The average molecular weight is 253 g/mol. The molecule has 1 atom stereocenters. The van der Waals surface area contributed by atoms with Gasteiger partial charge in [-0.2, -0.15) is 0 Å². The van der Waals surface area contributed by atoms with Crippen molar-refractivity contribution in [2.24, 2.45) is 0 Å². The summed E-state index contributed by atoms with van der Waals surface area (Å²) >= 11 is 0. The molecule has 98 valence electrons. The van der Waals surface area contributed by atoms with Crippen molar-refractivity contribution < 1.29 is 0 Å². The van der Waals surface area contributed by atoms with Crippen LogP contribution in [0.3, 0.4) is 0 Å². The fraction of sp³-hybridized carbons (Fsp3) is 0.312. The van der Waals surface area contributed by atoms with Gasteiger partial charge in [-0.05, 0) is 17.2 Å². The molecule has 3 rings (SSSR count). The van der Waals surface area contributed by atoms with Crippen LogP contribution >= 0.6 is 0 Å². The molecule has 0 radical (unpaired) electrons. The van der Waals surface area contributed by atoms with Crippen LogP contribution in [0.5, 0.6) is 0 Å². The van der Waals surface area contributed by atoms with Crippen LogP contribution in [0.1, 0.15) is 17.2 Å². The summed E-state index contributed by atoms with van der Waals surface area (Å²) in [7, 11) is 0. The summed E-state index contributed by atoms with van der Waals surface area (Å²) in [5, 5.41) is 3.59. The zero-order valence-electron chi connectivity index (χ0n) is 11.0. The van der Waals surface area contributed by atoms with Crippen molar-refractivity contribution in [3.8, 4) is 0 Å². The second-order valence-corrected chi connectivity index (χ2v) is 5.01. The number of nitrogens with zero attached hydrogens (tertiary/aromatic N) is 2. The lowest BCUT2D eigenvalue weighted by molar-refractivity contribution is 0.193. The van der Waals surface area contributed by atoms with Gasteiger partial charge in [0.2, 0.25) is 0 Å². The van der Waals surface area contributed by atoms with E-state index in [1.54, 1.807) is 0 Å². The monoisotopic (exact) mass is 253 g/mol. The predicted molar refractivity (Wildman–Crippen MR) is 76.7 cm³/mol. The van der Waals surface area contributed by atoms with Crippen LogP contribution in [0.4, 0.5) is 0 Å². The highest BCUT2D eigenvalue weighted by Gasteiger charge is 2.20. The first-order valence-corrected chi connectivity index (χ1v) is 6.81. The molecule has 2 heterocycles. The van der Waals surface area contributed by atoms with Gasteiger partial charge in [0.25, 0.3) is 0 Å². The summed E-state index contributed by atoms with van der Waals surface area (Å²) in [5.74, 6) is 0. The number of benzene rings is 1. The van der Waals surface area contributed by atoms with E-state index in [0.717, 1.165) is 26.2 Å². The fourth-order valence-corrected chi connectivity index (χ4v) is 2.61. The predicted octanol–water partition coefficient (Wildman–Crippen LogP) is 2.23. The maximum atomic E-state index is 4.19. The Bertz CT molecular complexity index is 498. The highest BCUT2D eigenvalue weighted by atomic mass is 15.2. The van der Waals surface area contributed by atoms with Gasteiger partial charge in [-0.25, -0.2) is 0 Å². The summed E-state index contributed by atoms with van der Waals surface area (Å²) in [6, 6.07) is 15.3. The quantitative estimate of drug-likeness (QED) is 0.909. The molecule has 19 heavy (non-hydrogen) atoms. The van der Waals surface area contributed by atoms with E-state index in [2.05, 4.69) is 51.6 Å². The minimum absolute atomic E-state index is 0.437. The van der Waals surface area contributed by atoms with Gasteiger partial charge in [0.05, 0.1) is 0 Å². The van der Waals surface area contributed by atoms with Crippen molar-refractivity contribution in [2.45, 2.75) is 12.6 Å². The van der Waals surface area contributed by atoms with Crippen LogP contribution in [0, 0.1) is 0 Å². The molecular weight excluding hydrogens is 234 g/mol. The Morgan fingerprint density at radius 2 is 2.05 bits per heavy atom. The van der Waals surface area contributed by atoms with Crippen LogP contribution in [0.25, 0.3) is 0 Å². The fourth-order valence-electron chi connectivity index (χ4n) is 2.61. The Labute approximate surface area is 114 Å². The number of nitrogens with one attached hydrogen (secondary N) is 1. The van der Waals surface area contributed by atoms with E-state index in [1.807, 2.05) is 18.5 Å². The van der Waals surface area contributed by atoms with Gasteiger partial charge >= 0.3 is 0 Å². The van der Waals surface area contributed by atoms with Gasteiger partial charge in [0.15, 0.2) is 0 Å². The van der Waals surface area contributed by atoms with Crippen molar-refractivity contribution in [2.75, 3.05) is 19.6 Å². The van der Waals surface area contributed by atoms with Crippen molar-refractivity contribution >= 4 is 0 Å². The van der Waals surface area contributed by atoms with Crippen LogP contribution in [0.2, 0.25) is 0 Å². The summed E-state index contributed by atoms with van der Waals surface area (Å²) in [6.07, 6.45) is 3.79. The smallest absolute Gasteiger partial charge is 0.0449 e. The molecule has 3 nitrogen and oxygen atoms in total. The van der Waals surface area contributed by atoms with Gasteiger partial charge in [0.1, 0.15) is 0 Å². The van der Waals surface area contributed by atoms with E-state index in [1.165, 1.54) is 11.1 Å². The van der Waals surface area contributed by atoms with Crippen LogP contribution in [-0.4, -0.2) is 29.5 Å². The number of aromatic nitrogens is 1. The SMILES string of the molecule is c1ccc(C2CN(Cc3cccnc3)CCN2)cc1. The number of piperazine rings is 1. The van der Waals surface area contributed by atoms with E-state index in [-0.39, 0.29) is 0 Å². The zero-order chi connectivity index (χ0) is 12.9. The molecule has 1 aliphatic rings. The van der Waals surface area contributed by atoms with Gasteiger partial charge in [0, 0.05) is 44.6 Å². The standard InChI is InChI=1S/C16H19N3/c1-2-6-15(7-3-1)16-13-19(10-9-18-16)12-14-5-4-8-17-11-14/h1-8,11,16,18H,9-10,12-13H2. The zero-order valence-corrected chi connectivity index (χ0v) is 11.0. The molecule has 0 spiro atoms. The normalized spacial score (nSPS) is 20.3. The molecule has 0 saturated carbocycles. The van der Waals surface area contributed by atoms with Crippen molar-refractivity contribution in [1.29, 1.82) is 0 Å². The van der Waals surface area contributed by atoms with E-state index in [0.29, 0.717) is 6.04 Å². The first kappa shape index (κ1) is 12.3. The van der Waals surface area contributed by atoms with E-state index >= 15 is 0 Å². The highest BCUT2D eigenvalue weighted by Crippen LogP contribution is 2.18. The lowest BCUT2D eigenvalue weighted by Crippen LogP contribution is -2.45. The van der Waals surface area contributed by atoms with E-state index in [9.17, 15) is 0 Å². The molecule has 0 bridgehead atoms. The summed E-state index contributed by atoms with van der Waals surface area (Å²) in [4.78, 5) is 6.68. The van der Waals surface area contributed by atoms with Gasteiger partial charge in [-0.3, -0.25) is 9.88 Å². The Morgan fingerprint density at radius 1 is 1.16 bits per heavy atom. The van der Waals surface area contributed by atoms with Crippen molar-refractivity contribution in [1.82, 2.24) is 15.2 Å². The first-order valence-electron chi connectivity index (χ1n) is 6.81. The summed E-state index contributed by atoms with van der Waals surface area (Å²) in [6.45, 7) is 4.18. The molecule has 1 fully saturated rings. The van der Waals surface area contributed by atoms with Gasteiger partial charge in [-0.1, -0.05) is 36.4 Å². The molecule has 1 saturated heterocycles. The van der Waals surface area contributed by atoms with Crippen LogP contribution in [-0.2, 0) is 6.54 Å². The largest absolute Gasteiger partial charge is 0.308 e. The topological polar surface area (TPSA) is 28.2 Å². The minimum atomic E-state index is 0.437. The van der Waals surface area contributed by atoms with Gasteiger partial charge in [-0.15, -0.1) is 0 Å². The van der Waals surface area contributed by atoms with Crippen LogP contribution < -0.4 is 5.32 Å². The maximum Gasteiger partial charge on any atom is 0.0449 e. The number of hydrogen-bond donors (Lipinski definition) is 1. The van der Waals surface area contributed by atoms with E-state index in [4.69, 9.17) is 0 Å². The second kappa shape index (κ2) is 5.95. The highest BCUT2D eigenvalue weighted by molar-refractivity contribution is 5.20. The molecule has 1 aliphatic heterocycles. The first-order chi connectivity index (χ1) is 9.42. The third kappa shape index (κ3) is 3.19. The lowest BCUT2D eigenvalue weighted by atomic mass is 10.0. The Morgan fingerprint density at radius 3 is 2.84 bits per heavy atom. The van der Waals surface area contributed by atoms with Crippen molar-refractivity contribution in [3.05, 3.63) is 66.0 Å². The molecule has 0 amide bonds. The molecule has 1 N–H and O–H groups in total. The van der Waals surface area contributed by atoms with Gasteiger partial charge < -0.3 is 5.32 Å². The number of rotatable bonds is 3. The average Bonchev–Trinajstić information content (AvgIpc) is 2.49. The molecule has 0 aliphatic carbocycles. The second-order valence-electron chi connectivity index (χ2n) is 5.01. The molecule has 2 aromatic rings. The molecular formula is C16H19N3. The van der Waals surface area contributed by atoms with Crippen LogP contribution in [0.15, 0.2) is 54.9 Å². The number of hydrogen-bond acceptors (Lipinski definition) is 3. The number of pyridine rings is 1. The van der Waals surface area contributed by atoms with Crippen molar-refractivity contribution in [3.63, 3.8) is 0 Å². The maximum absolute atomic E-state index is 4.19. The summed E-state index contributed by atoms with van der Waals surface area (Å²) < 4.78 is 0. The minimum Gasteiger partial charge on any atom is -0.308 e. The summed E-state index contributed by atoms with van der Waals surface area (Å²) in [5.41, 5.74) is 2.66. The Hall–Kier alpha value is -1.71. The van der Waals surface area contributed by atoms with E-state index < -0.39 is 0 Å². The molecule has 1 unspecified atom stereocenters. The third-order valence-corrected chi connectivity index (χ3v) is 3.59. The Balaban J connectivity index is 1.65. The molecule has 1 aromatic heterocycles.